The summed E-state index contributed by atoms with van der Waals surface area (Å²) in [5.74, 6) is 0.0441. The highest BCUT2D eigenvalue weighted by molar-refractivity contribution is 7.15. The van der Waals surface area contributed by atoms with E-state index < -0.39 is 11.6 Å². The van der Waals surface area contributed by atoms with Crippen LogP contribution in [0.1, 0.15) is 17.6 Å². The summed E-state index contributed by atoms with van der Waals surface area (Å²) in [4.78, 5) is 30.3. The van der Waals surface area contributed by atoms with Gasteiger partial charge in [0.2, 0.25) is 0 Å². The number of hydrogen-bond acceptors (Lipinski definition) is 5. The molecule has 20 heavy (non-hydrogen) atoms. The van der Waals surface area contributed by atoms with Crippen LogP contribution in [0.4, 0.5) is 4.79 Å². The van der Waals surface area contributed by atoms with Crippen molar-refractivity contribution in [3.63, 3.8) is 0 Å². The van der Waals surface area contributed by atoms with E-state index in [0.717, 1.165) is 9.78 Å². The second kappa shape index (κ2) is 4.60. The number of hydrogen-bond donors (Lipinski definition) is 1. The maximum absolute atomic E-state index is 12.5. The molecule has 1 saturated heterocycles. The highest BCUT2D eigenvalue weighted by atomic mass is 35.5. The molecule has 3 rings (SSSR count). The summed E-state index contributed by atoms with van der Waals surface area (Å²) in [5.41, 5.74) is -1.17. The number of carbonyl (C=O) groups is 2. The Hall–Kier alpha value is -1.86. The lowest BCUT2D eigenvalue weighted by Gasteiger charge is -2.18. The van der Waals surface area contributed by atoms with E-state index in [2.05, 4.69) is 10.3 Å². The third-order valence-electron chi connectivity index (χ3n) is 3.13. The van der Waals surface area contributed by atoms with Gasteiger partial charge in [-0.1, -0.05) is 11.6 Å². The number of halogens is 1. The largest absolute Gasteiger partial charge is 0.466 e. The first-order chi connectivity index (χ1) is 9.50. The lowest BCUT2D eigenvalue weighted by atomic mass is 9.99. The van der Waals surface area contributed by atoms with Gasteiger partial charge in [0.15, 0.2) is 10.0 Å². The van der Waals surface area contributed by atoms with E-state index in [4.69, 9.17) is 16.0 Å². The van der Waals surface area contributed by atoms with Crippen LogP contribution < -0.4 is 5.32 Å². The first-order valence-electron chi connectivity index (χ1n) is 5.79. The summed E-state index contributed by atoms with van der Waals surface area (Å²) in [6.07, 6.45) is 3.02. The zero-order valence-electron chi connectivity index (χ0n) is 10.4. The van der Waals surface area contributed by atoms with E-state index in [1.54, 1.807) is 25.3 Å². The minimum Gasteiger partial charge on any atom is -0.466 e. The minimum absolute atomic E-state index is 0.144. The van der Waals surface area contributed by atoms with Gasteiger partial charge in [0.25, 0.3) is 5.91 Å². The Bertz CT molecular complexity index is 669. The zero-order chi connectivity index (χ0) is 14.3. The van der Waals surface area contributed by atoms with Crippen molar-refractivity contribution in [2.45, 2.75) is 19.0 Å². The van der Waals surface area contributed by atoms with Gasteiger partial charge in [-0.25, -0.2) is 9.78 Å². The Kier molecular flexibility index (Phi) is 3.02. The van der Waals surface area contributed by atoms with Crippen LogP contribution in [0.5, 0.6) is 0 Å². The van der Waals surface area contributed by atoms with Gasteiger partial charge in [-0.05, 0) is 19.1 Å². The van der Waals surface area contributed by atoms with Crippen molar-refractivity contribution in [2.24, 2.45) is 0 Å². The molecule has 1 aliphatic heterocycles. The van der Waals surface area contributed by atoms with Gasteiger partial charge < -0.3 is 9.73 Å². The second-order valence-electron chi connectivity index (χ2n) is 4.50. The highest BCUT2D eigenvalue weighted by Gasteiger charge is 2.50. The molecule has 1 N–H and O–H groups in total. The SMILES string of the molecule is CC1(c2ccco2)NC(=O)N(Cc2cnc(Cl)s2)C1=O. The number of urea groups is 1. The lowest BCUT2D eigenvalue weighted by Crippen LogP contribution is -2.40. The predicted octanol–water partition coefficient (Wildman–Crippen LogP) is 2.36. The van der Waals surface area contributed by atoms with Gasteiger partial charge in [-0.15, -0.1) is 11.3 Å². The molecule has 1 fully saturated rings. The molecule has 1 aliphatic rings. The fourth-order valence-corrected chi connectivity index (χ4v) is 3.05. The van der Waals surface area contributed by atoms with Gasteiger partial charge in [-0.2, -0.15) is 0 Å². The molecule has 0 saturated carbocycles. The van der Waals surface area contributed by atoms with Crippen LogP contribution in [0.15, 0.2) is 29.0 Å². The molecule has 6 nitrogen and oxygen atoms in total. The molecule has 8 heteroatoms. The molecule has 1 atom stereocenters. The van der Waals surface area contributed by atoms with Crippen LogP contribution >= 0.6 is 22.9 Å². The average molecular weight is 312 g/mol. The Morgan fingerprint density at radius 3 is 2.95 bits per heavy atom. The second-order valence-corrected chi connectivity index (χ2v) is 6.20. The third kappa shape index (κ3) is 1.99. The number of carbonyl (C=O) groups excluding carboxylic acids is 2. The van der Waals surface area contributed by atoms with Crippen molar-refractivity contribution in [1.82, 2.24) is 15.2 Å². The van der Waals surface area contributed by atoms with Crippen molar-refractivity contribution in [3.8, 4) is 0 Å². The summed E-state index contributed by atoms with van der Waals surface area (Å²) >= 11 is 6.98. The van der Waals surface area contributed by atoms with E-state index in [0.29, 0.717) is 10.2 Å². The number of thiazole rings is 1. The molecule has 0 spiro atoms. The maximum atomic E-state index is 12.5. The van der Waals surface area contributed by atoms with Crippen LogP contribution in [0.2, 0.25) is 4.47 Å². The quantitative estimate of drug-likeness (QED) is 0.883. The molecule has 0 aliphatic carbocycles. The standard InChI is InChI=1S/C12H10ClN3O3S/c1-12(8-3-2-4-19-8)9(17)16(11(18)15-12)6-7-5-14-10(13)20-7/h2-5H,6H2,1H3,(H,15,18). The van der Waals surface area contributed by atoms with E-state index >= 15 is 0 Å². The van der Waals surface area contributed by atoms with Crippen molar-refractivity contribution >= 4 is 34.9 Å². The average Bonchev–Trinajstić information content (AvgIpc) is 3.09. The van der Waals surface area contributed by atoms with Crippen molar-refractivity contribution in [2.75, 3.05) is 0 Å². The van der Waals surface area contributed by atoms with Gasteiger partial charge in [0, 0.05) is 11.1 Å². The van der Waals surface area contributed by atoms with Crippen LogP contribution in [-0.4, -0.2) is 21.8 Å². The molecule has 3 amide bonds. The van der Waals surface area contributed by atoms with E-state index in [-0.39, 0.29) is 12.5 Å². The van der Waals surface area contributed by atoms with Crippen LogP contribution in [0, 0.1) is 0 Å². The number of imide groups is 1. The number of rotatable bonds is 3. The van der Waals surface area contributed by atoms with Gasteiger partial charge in [0.1, 0.15) is 5.76 Å². The number of nitrogens with zero attached hydrogens (tertiary/aromatic N) is 2. The molecule has 0 aromatic carbocycles. The maximum Gasteiger partial charge on any atom is 0.325 e. The van der Waals surface area contributed by atoms with E-state index in [9.17, 15) is 9.59 Å². The molecular formula is C12H10ClN3O3S. The van der Waals surface area contributed by atoms with Gasteiger partial charge in [-0.3, -0.25) is 9.69 Å². The fourth-order valence-electron chi connectivity index (χ4n) is 2.08. The summed E-state index contributed by atoms with van der Waals surface area (Å²) in [7, 11) is 0. The lowest BCUT2D eigenvalue weighted by molar-refractivity contribution is -0.132. The summed E-state index contributed by atoms with van der Waals surface area (Å²) in [5, 5.41) is 2.65. The first kappa shape index (κ1) is 13.1. The normalized spacial score (nSPS) is 22.4. The molecular weight excluding hydrogens is 302 g/mol. The van der Waals surface area contributed by atoms with E-state index in [1.165, 1.54) is 17.6 Å². The number of aromatic nitrogens is 1. The monoisotopic (exact) mass is 311 g/mol. The third-order valence-corrected chi connectivity index (χ3v) is 4.23. The van der Waals surface area contributed by atoms with E-state index in [1.807, 2.05) is 0 Å². The molecule has 0 radical (unpaired) electrons. The molecule has 1 unspecified atom stereocenters. The van der Waals surface area contributed by atoms with Crippen molar-refractivity contribution in [1.29, 1.82) is 0 Å². The number of furan rings is 1. The van der Waals surface area contributed by atoms with Crippen molar-refractivity contribution in [3.05, 3.63) is 39.7 Å². The smallest absolute Gasteiger partial charge is 0.325 e. The summed E-state index contributed by atoms with van der Waals surface area (Å²) < 4.78 is 5.62. The molecule has 2 aromatic heterocycles. The molecule has 2 aromatic rings. The Morgan fingerprint density at radius 1 is 1.55 bits per heavy atom. The number of amides is 3. The Labute approximate surface area is 123 Å². The molecule has 104 valence electrons. The summed E-state index contributed by atoms with van der Waals surface area (Å²) in [6, 6.07) is 2.87. The van der Waals surface area contributed by atoms with Crippen LogP contribution in [0.3, 0.4) is 0 Å². The fraction of sp³-hybridized carbons (Fsp3) is 0.250. The minimum atomic E-state index is -1.17. The Morgan fingerprint density at radius 2 is 2.35 bits per heavy atom. The highest BCUT2D eigenvalue weighted by Crippen LogP contribution is 2.31. The van der Waals surface area contributed by atoms with Crippen LogP contribution in [0.25, 0.3) is 0 Å². The predicted molar refractivity (Wildman–Crippen MR) is 72.3 cm³/mol. The molecule has 3 heterocycles. The van der Waals surface area contributed by atoms with Crippen LogP contribution in [-0.2, 0) is 16.9 Å². The van der Waals surface area contributed by atoms with Gasteiger partial charge >= 0.3 is 6.03 Å². The topological polar surface area (TPSA) is 75.4 Å². The molecule has 0 bridgehead atoms. The summed E-state index contributed by atoms with van der Waals surface area (Å²) in [6.45, 7) is 1.76. The first-order valence-corrected chi connectivity index (χ1v) is 6.98. The zero-order valence-corrected chi connectivity index (χ0v) is 12.0. The van der Waals surface area contributed by atoms with Crippen molar-refractivity contribution < 1.29 is 14.0 Å². The van der Waals surface area contributed by atoms with Gasteiger partial charge in [0.05, 0.1) is 12.8 Å². The Balaban J connectivity index is 1.87. The number of nitrogens with one attached hydrogen (secondary N) is 1.